The van der Waals surface area contributed by atoms with Crippen molar-refractivity contribution < 1.29 is 4.74 Å². The highest BCUT2D eigenvalue weighted by molar-refractivity contribution is 5.28. The molecule has 0 radical (unpaired) electrons. The van der Waals surface area contributed by atoms with E-state index < -0.39 is 0 Å². The summed E-state index contributed by atoms with van der Waals surface area (Å²) in [5.74, 6) is 1.01. The fourth-order valence-corrected chi connectivity index (χ4v) is 1.27. The van der Waals surface area contributed by atoms with Crippen LogP contribution in [-0.2, 0) is 7.05 Å². The quantitative estimate of drug-likeness (QED) is 0.745. The number of nitrogens with zero attached hydrogens (tertiary/aromatic N) is 1. The SMILES string of the molecule is Cn1cccc(Oc2ccccc2)c1=O. The van der Waals surface area contributed by atoms with Gasteiger partial charge in [-0.15, -0.1) is 0 Å². The summed E-state index contributed by atoms with van der Waals surface area (Å²) in [7, 11) is 1.69. The molecule has 0 aliphatic rings. The van der Waals surface area contributed by atoms with Gasteiger partial charge in [-0.25, -0.2) is 0 Å². The summed E-state index contributed by atoms with van der Waals surface area (Å²) in [6.45, 7) is 0. The van der Waals surface area contributed by atoms with Crippen LogP contribution in [0.25, 0.3) is 0 Å². The number of aryl methyl sites for hydroxylation is 1. The van der Waals surface area contributed by atoms with Crippen LogP contribution in [0.1, 0.15) is 0 Å². The van der Waals surface area contributed by atoms with Crippen LogP contribution in [0.5, 0.6) is 11.5 Å². The first-order valence-corrected chi connectivity index (χ1v) is 4.66. The Morgan fingerprint density at radius 1 is 1.07 bits per heavy atom. The molecule has 76 valence electrons. The Kier molecular flexibility index (Phi) is 2.54. The summed E-state index contributed by atoms with van der Waals surface area (Å²) in [5.41, 5.74) is -0.138. The summed E-state index contributed by atoms with van der Waals surface area (Å²) >= 11 is 0. The first kappa shape index (κ1) is 9.52. The highest BCUT2D eigenvalue weighted by Gasteiger charge is 2.02. The second-order valence-corrected chi connectivity index (χ2v) is 3.20. The average molecular weight is 201 g/mol. The number of rotatable bonds is 2. The second-order valence-electron chi connectivity index (χ2n) is 3.20. The van der Waals surface area contributed by atoms with E-state index in [9.17, 15) is 4.79 Å². The number of hydrogen-bond donors (Lipinski definition) is 0. The molecule has 3 heteroatoms. The molecule has 15 heavy (non-hydrogen) atoms. The lowest BCUT2D eigenvalue weighted by atomic mass is 10.3. The molecule has 0 fully saturated rings. The number of ether oxygens (including phenoxy) is 1. The molecule has 0 N–H and O–H groups in total. The van der Waals surface area contributed by atoms with Crippen LogP contribution in [0.3, 0.4) is 0 Å². The number of aromatic nitrogens is 1. The monoisotopic (exact) mass is 201 g/mol. The maximum atomic E-state index is 11.6. The summed E-state index contributed by atoms with van der Waals surface area (Å²) in [6, 6.07) is 12.7. The Hall–Kier alpha value is -2.03. The number of hydrogen-bond acceptors (Lipinski definition) is 2. The standard InChI is InChI=1S/C12H11NO2/c1-13-9-5-8-11(12(13)14)15-10-6-3-2-4-7-10/h2-9H,1H3. The van der Waals surface area contributed by atoms with Crippen molar-refractivity contribution >= 4 is 0 Å². The Bertz CT molecular complexity index is 503. The third-order valence-corrected chi connectivity index (χ3v) is 2.06. The molecule has 0 unspecified atom stereocenters. The van der Waals surface area contributed by atoms with Crippen molar-refractivity contribution in [2.45, 2.75) is 0 Å². The lowest BCUT2D eigenvalue weighted by molar-refractivity contribution is 0.470. The van der Waals surface area contributed by atoms with Crippen molar-refractivity contribution in [1.29, 1.82) is 0 Å². The fraction of sp³-hybridized carbons (Fsp3) is 0.0833. The van der Waals surface area contributed by atoms with Gasteiger partial charge in [-0.3, -0.25) is 4.79 Å². The maximum Gasteiger partial charge on any atom is 0.293 e. The molecule has 2 rings (SSSR count). The van der Waals surface area contributed by atoms with E-state index in [0.717, 1.165) is 0 Å². The summed E-state index contributed by atoms with van der Waals surface area (Å²) in [5, 5.41) is 0. The topological polar surface area (TPSA) is 31.2 Å². The Morgan fingerprint density at radius 3 is 2.53 bits per heavy atom. The largest absolute Gasteiger partial charge is 0.452 e. The van der Waals surface area contributed by atoms with Crippen LogP contribution >= 0.6 is 0 Å². The highest BCUT2D eigenvalue weighted by atomic mass is 16.5. The zero-order chi connectivity index (χ0) is 10.7. The van der Waals surface area contributed by atoms with E-state index >= 15 is 0 Å². The number of para-hydroxylation sites is 1. The van der Waals surface area contributed by atoms with Crippen LogP contribution in [-0.4, -0.2) is 4.57 Å². The van der Waals surface area contributed by atoms with Crippen molar-refractivity contribution in [1.82, 2.24) is 4.57 Å². The van der Waals surface area contributed by atoms with E-state index in [1.165, 1.54) is 4.57 Å². The highest BCUT2D eigenvalue weighted by Crippen LogP contribution is 2.16. The smallest absolute Gasteiger partial charge is 0.293 e. The van der Waals surface area contributed by atoms with Gasteiger partial charge in [0.05, 0.1) is 0 Å². The van der Waals surface area contributed by atoms with E-state index in [1.807, 2.05) is 30.3 Å². The van der Waals surface area contributed by atoms with Gasteiger partial charge in [0.15, 0.2) is 5.75 Å². The summed E-state index contributed by atoms with van der Waals surface area (Å²) in [6.07, 6.45) is 1.69. The van der Waals surface area contributed by atoms with Gasteiger partial charge in [-0.05, 0) is 24.3 Å². The minimum Gasteiger partial charge on any atom is -0.452 e. The maximum absolute atomic E-state index is 11.6. The predicted octanol–water partition coefficient (Wildman–Crippen LogP) is 2.18. The molecular weight excluding hydrogens is 190 g/mol. The molecule has 0 saturated heterocycles. The molecule has 2 aromatic rings. The van der Waals surface area contributed by atoms with Crippen LogP contribution in [0.15, 0.2) is 53.5 Å². The van der Waals surface area contributed by atoms with E-state index in [-0.39, 0.29) is 5.56 Å². The minimum atomic E-state index is -0.138. The van der Waals surface area contributed by atoms with Gasteiger partial charge in [0, 0.05) is 13.2 Å². The molecule has 0 bridgehead atoms. The third kappa shape index (κ3) is 2.07. The molecule has 0 aliphatic heterocycles. The normalized spacial score (nSPS) is 9.93. The summed E-state index contributed by atoms with van der Waals surface area (Å²) in [4.78, 5) is 11.6. The Labute approximate surface area is 87.6 Å². The predicted molar refractivity (Wildman–Crippen MR) is 58.2 cm³/mol. The molecule has 1 heterocycles. The summed E-state index contributed by atoms with van der Waals surface area (Å²) < 4.78 is 6.94. The van der Waals surface area contributed by atoms with Crippen LogP contribution in [0.4, 0.5) is 0 Å². The Balaban J connectivity index is 2.33. The van der Waals surface area contributed by atoms with Crippen LogP contribution in [0, 0.1) is 0 Å². The molecule has 0 atom stereocenters. The average Bonchev–Trinajstić information content (AvgIpc) is 2.26. The van der Waals surface area contributed by atoms with Crippen LogP contribution in [0.2, 0.25) is 0 Å². The van der Waals surface area contributed by atoms with Gasteiger partial charge in [0.25, 0.3) is 5.56 Å². The van der Waals surface area contributed by atoms with Gasteiger partial charge < -0.3 is 9.30 Å². The number of pyridine rings is 1. The molecular formula is C12H11NO2. The van der Waals surface area contributed by atoms with Crippen molar-refractivity contribution in [3.63, 3.8) is 0 Å². The zero-order valence-electron chi connectivity index (χ0n) is 8.38. The molecule has 3 nitrogen and oxygen atoms in total. The zero-order valence-corrected chi connectivity index (χ0v) is 8.38. The third-order valence-electron chi connectivity index (χ3n) is 2.06. The first-order valence-electron chi connectivity index (χ1n) is 4.66. The fourth-order valence-electron chi connectivity index (χ4n) is 1.27. The lowest BCUT2D eigenvalue weighted by Crippen LogP contribution is -2.16. The second kappa shape index (κ2) is 4.00. The van der Waals surface area contributed by atoms with E-state index in [1.54, 1.807) is 25.4 Å². The van der Waals surface area contributed by atoms with Gasteiger partial charge >= 0.3 is 0 Å². The number of benzene rings is 1. The van der Waals surface area contributed by atoms with Crippen molar-refractivity contribution in [2.24, 2.45) is 7.05 Å². The van der Waals surface area contributed by atoms with Gasteiger partial charge in [-0.1, -0.05) is 18.2 Å². The molecule has 0 spiro atoms. The van der Waals surface area contributed by atoms with Crippen molar-refractivity contribution in [3.8, 4) is 11.5 Å². The van der Waals surface area contributed by atoms with E-state index in [2.05, 4.69) is 0 Å². The molecule has 0 saturated carbocycles. The first-order chi connectivity index (χ1) is 7.27. The molecule has 1 aromatic heterocycles. The van der Waals surface area contributed by atoms with Gasteiger partial charge in [0.1, 0.15) is 5.75 Å². The molecule has 0 aliphatic carbocycles. The van der Waals surface area contributed by atoms with Crippen molar-refractivity contribution in [3.05, 3.63) is 59.0 Å². The molecule has 0 amide bonds. The Morgan fingerprint density at radius 2 is 1.80 bits per heavy atom. The molecule has 1 aromatic carbocycles. The van der Waals surface area contributed by atoms with Gasteiger partial charge in [0.2, 0.25) is 0 Å². The van der Waals surface area contributed by atoms with Crippen LogP contribution < -0.4 is 10.3 Å². The van der Waals surface area contributed by atoms with E-state index in [0.29, 0.717) is 11.5 Å². The van der Waals surface area contributed by atoms with Crippen molar-refractivity contribution in [2.75, 3.05) is 0 Å². The van der Waals surface area contributed by atoms with Gasteiger partial charge in [-0.2, -0.15) is 0 Å². The lowest BCUT2D eigenvalue weighted by Gasteiger charge is -2.05. The van der Waals surface area contributed by atoms with E-state index in [4.69, 9.17) is 4.74 Å². The minimum absolute atomic E-state index is 0.138.